The molecular formula is C28H36FN3O5. The number of aliphatic hydroxyl groups excluding tert-OH is 1. The summed E-state index contributed by atoms with van der Waals surface area (Å²) in [4.78, 5) is 30.7. The summed E-state index contributed by atoms with van der Waals surface area (Å²) < 4.78 is 26.3. The Balaban J connectivity index is 1.43. The second-order valence-electron chi connectivity index (χ2n) is 10.8. The van der Waals surface area contributed by atoms with Crippen LogP contribution in [0.2, 0.25) is 0 Å². The van der Waals surface area contributed by atoms with Gasteiger partial charge in [0.25, 0.3) is 5.91 Å². The number of carbonyl (C=O) groups is 2. The number of hydrogen-bond donors (Lipinski definition) is 1. The topological polar surface area (TPSA) is 82.6 Å². The molecular weight excluding hydrogens is 477 g/mol. The van der Waals surface area contributed by atoms with E-state index in [4.69, 9.17) is 9.47 Å². The van der Waals surface area contributed by atoms with Crippen LogP contribution in [-0.2, 0) is 11.2 Å². The van der Waals surface area contributed by atoms with Gasteiger partial charge in [-0.25, -0.2) is 9.18 Å². The zero-order valence-electron chi connectivity index (χ0n) is 22.2. The molecule has 1 saturated heterocycles. The van der Waals surface area contributed by atoms with Crippen molar-refractivity contribution in [3.63, 3.8) is 0 Å². The molecule has 2 aliphatic heterocycles. The summed E-state index contributed by atoms with van der Waals surface area (Å²) in [5, 5.41) is 9.42. The number of benzene rings is 2. The summed E-state index contributed by atoms with van der Waals surface area (Å²) in [5.41, 5.74) is 1.82. The van der Waals surface area contributed by atoms with E-state index in [0.29, 0.717) is 55.2 Å². The van der Waals surface area contributed by atoms with Gasteiger partial charge in [-0.3, -0.25) is 4.79 Å². The molecule has 0 spiro atoms. The normalized spacial score (nSPS) is 18.5. The fourth-order valence-electron chi connectivity index (χ4n) is 4.70. The lowest BCUT2D eigenvalue weighted by Gasteiger charge is -2.30. The summed E-state index contributed by atoms with van der Waals surface area (Å²) in [6, 6.07) is 10.1. The number of halogens is 1. The van der Waals surface area contributed by atoms with Crippen LogP contribution in [0.25, 0.3) is 0 Å². The minimum Gasteiger partial charge on any atom is -0.491 e. The first kappa shape index (κ1) is 26.7. The molecule has 8 nitrogen and oxygen atoms in total. The van der Waals surface area contributed by atoms with Gasteiger partial charge in [-0.2, -0.15) is 0 Å². The predicted octanol–water partition coefficient (Wildman–Crippen LogP) is 4.23. The fraction of sp³-hybridized carbons (Fsp3) is 0.500. The molecule has 1 N–H and O–H groups in total. The van der Waals surface area contributed by atoms with Gasteiger partial charge >= 0.3 is 6.09 Å². The van der Waals surface area contributed by atoms with Crippen LogP contribution in [0.5, 0.6) is 5.75 Å². The second kappa shape index (κ2) is 10.6. The first-order valence-corrected chi connectivity index (χ1v) is 12.7. The van der Waals surface area contributed by atoms with Crippen LogP contribution < -0.4 is 14.5 Å². The number of carbonyl (C=O) groups excluding carboxylic acids is 2. The third-order valence-electron chi connectivity index (χ3n) is 6.62. The first-order valence-electron chi connectivity index (χ1n) is 12.7. The Labute approximate surface area is 217 Å². The second-order valence-corrected chi connectivity index (χ2v) is 10.8. The average Bonchev–Trinajstić information content (AvgIpc) is 3.31. The maximum atomic E-state index is 15.3. The van der Waals surface area contributed by atoms with Crippen molar-refractivity contribution in [2.75, 3.05) is 43.1 Å². The minimum absolute atomic E-state index is 0.0800. The number of fused-ring (bicyclic) bond motifs is 1. The van der Waals surface area contributed by atoms with E-state index in [2.05, 4.69) is 0 Å². The largest absolute Gasteiger partial charge is 0.491 e. The van der Waals surface area contributed by atoms with Crippen LogP contribution in [0.4, 0.5) is 20.6 Å². The minimum atomic E-state index is -0.580. The van der Waals surface area contributed by atoms with Gasteiger partial charge in [-0.1, -0.05) is 0 Å². The highest BCUT2D eigenvalue weighted by atomic mass is 19.1. The number of rotatable bonds is 6. The molecule has 0 aliphatic carbocycles. The first-order chi connectivity index (χ1) is 17.4. The molecule has 1 unspecified atom stereocenters. The Morgan fingerprint density at radius 2 is 1.97 bits per heavy atom. The molecule has 2 aromatic carbocycles. The molecule has 4 rings (SSSR count). The molecule has 37 heavy (non-hydrogen) atoms. The van der Waals surface area contributed by atoms with Crippen LogP contribution >= 0.6 is 0 Å². The van der Waals surface area contributed by atoms with Gasteiger partial charge in [0.15, 0.2) is 0 Å². The Morgan fingerprint density at radius 3 is 2.65 bits per heavy atom. The molecule has 0 bridgehead atoms. The van der Waals surface area contributed by atoms with E-state index in [1.165, 1.54) is 6.07 Å². The molecule has 2 heterocycles. The Bertz CT molecular complexity index is 1160. The van der Waals surface area contributed by atoms with Gasteiger partial charge in [0.05, 0.1) is 17.8 Å². The van der Waals surface area contributed by atoms with Crippen molar-refractivity contribution < 1.29 is 28.6 Å². The maximum Gasteiger partial charge on any atom is 0.410 e. The molecule has 2 aliphatic rings. The summed E-state index contributed by atoms with van der Waals surface area (Å²) in [6.07, 6.45) is 0.353. The van der Waals surface area contributed by atoms with E-state index >= 15 is 4.39 Å². The van der Waals surface area contributed by atoms with Gasteiger partial charge in [0.2, 0.25) is 0 Å². The predicted molar refractivity (Wildman–Crippen MR) is 140 cm³/mol. The molecule has 0 saturated carbocycles. The standard InChI is InChI=1S/C28H36FN3O5/c1-18(33)17-36-22-7-8-23-19(14-22)10-13-32(26(23)34)20-6-9-25(24(29)15-20)31-12-11-21(16-31)30(5)27(35)37-28(2,3)4/h6-9,14-15,18,21,33H,10-13,16-17H2,1-5H3/t18?,21-/m1/s1. The van der Waals surface area contributed by atoms with Crippen molar-refractivity contribution >= 4 is 23.4 Å². The Hall–Kier alpha value is -3.33. The monoisotopic (exact) mass is 513 g/mol. The lowest BCUT2D eigenvalue weighted by atomic mass is 9.98. The highest BCUT2D eigenvalue weighted by Gasteiger charge is 2.33. The fourth-order valence-corrected chi connectivity index (χ4v) is 4.70. The number of ether oxygens (including phenoxy) is 2. The summed E-state index contributed by atoms with van der Waals surface area (Å²) in [6.45, 7) is 8.85. The van der Waals surface area contributed by atoms with Crippen molar-refractivity contribution in [2.24, 2.45) is 0 Å². The molecule has 2 atom stereocenters. The average molecular weight is 514 g/mol. The third-order valence-corrected chi connectivity index (χ3v) is 6.62. The SMILES string of the molecule is CC(O)COc1ccc2c(c1)CCN(c1ccc(N3CC[C@@H](N(C)C(=O)OC(C)(C)C)C3)c(F)c1)C2=O. The van der Waals surface area contributed by atoms with Crippen molar-refractivity contribution in [3.05, 3.63) is 53.3 Å². The van der Waals surface area contributed by atoms with Crippen molar-refractivity contribution in [1.82, 2.24) is 4.90 Å². The number of aliphatic hydroxyl groups is 1. The zero-order valence-corrected chi connectivity index (χ0v) is 22.2. The maximum absolute atomic E-state index is 15.3. The van der Waals surface area contributed by atoms with Gasteiger partial charge in [0, 0.05) is 37.9 Å². The summed E-state index contributed by atoms with van der Waals surface area (Å²) in [5.74, 6) is 0.0202. The molecule has 2 aromatic rings. The van der Waals surface area contributed by atoms with Crippen LogP contribution in [-0.4, -0.2) is 73.0 Å². The molecule has 0 radical (unpaired) electrons. The van der Waals surface area contributed by atoms with Gasteiger partial charge in [-0.05, 0) is 82.5 Å². The van der Waals surface area contributed by atoms with Gasteiger partial charge in [0.1, 0.15) is 23.8 Å². The summed E-state index contributed by atoms with van der Waals surface area (Å²) >= 11 is 0. The smallest absolute Gasteiger partial charge is 0.410 e. The van der Waals surface area contributed by atoms with E-state index in [1.54, 1.807) is 48.0 Å². The highest BCUT2D eigenvalue weighted by molar-refractivity contribution is 6.08. The van der Waals surface area contributed by atoms with Crippen LogP contribution in [0.3, 0.4) is 0 Å². The Morgan fingerprint density at radius 1 is 1.22 bits per heavy atom. The van der Waals surface area contributed by atoms with Crippen molar-refractivity contribution in [1.29, 1.82) is 0 Å². The summed E-state index contributed by atoms with van der Waals surface area (Å²) in [7, 11) is 1.71. The van der Waals surface area contributed by atoms with E-state index in [-0.39, 0.29) is 24.6 Å². The van der Waals surface area contributed by atoms with E-state index in [1.807, 2.05) is 31.7 Å². The highest BCUT2D eigenvalue weighted by Crippen LogP contribution is 2.32. The van der Waals surface area contributed by atoms with E-state index < -0.39 is 17.5 Å². The number of amides is 2. The van der Waals surface area contributed by atoms with Crippen LogP contribution in [0, 0.1) is 5.82 Å². The third kappa shape index (κ3) is 6.15. The number of hydrogen-bond acceptors (Lipinski definition) is 6. The number of nitrogens with zero attached hydrogens (tertiary/aromatic N) is 3. The van der Waals surface area contributed by atoms with Crippen LogP contribution in [0.15, 0.2) is 36.4 Å². The molecule has 9 heteroatoms. The van der Waals surface area contributed by atoms with E-state index in [9.17, 15) is 14.7 Å². The van der Waals surface area contributed by atoms with Crippen LogP contribution in [0.1, 0.15) is 50.0 Å². The quantitative estimate of drug-likeness (QED) is 0.623. The van der Waals surface area contributed by atoms with Crippen molar-refractivity contribution in [3.8, 4) is 5.75 Å². The lowest BCUT2D eigenvalue weighted by molar-refractivity contribution is 0.0237. The molecule has 2 amide bonds. The zero-order chi connectivity index (χ0) is 26.9. The van der Waals surface area contributed by atoms with Crippen molar-refractivity contribution in [2.45, 2.75) is 58.3 Å². The van der Waals surface area contributed by atoms with E-state index in [0.717, 1.165) is 5.56 Å². The number of likely N-dealkylation sites (N-methyl/N-ethyl adjacent to an activating group) is 1. The molecule has 0 aromatic heterocycles. The molecule has 1 fully saturated rings. The lowest BCUT2D eigenvalue weighted by Crippen LogP contribution is -2.42. The Kier molecular flexibility index (Phi) is 7.64. The van der Waals surface area contributed by atoms with Gasteiger partial charge < -0.3 is 29.3 Å². The van der Waals surface area contributed by atoms with Gasteiger partial charge in [-0.15, -0.1) is 0 Å². The molecule has 200 valence electrons. The number of anilines is 2.